The van der Waals surface area contributed by atoms with Crippen molar-refractivity contribution in [2.75, 3.05) is 20.8 Å². The number of aromatic nitrogens is 4. The van der Waals surface area contributed by atoms with Gasteiger partial charge in [0.2, 0.25) is 11.8 Å². The van der Waals surface area contributed by atoms with Crippen LogP contribution in [0.4, 0.5) is 9.59 Å². The zero-order chi connectivity index (χ0) is 37.6. The van der Waals surface area contributed by atoms with Crippen molar-refractivity contribution in [2.24, 2.45) is 5.92 Å². The quantitative estimate of drug-likeness (QED) is 0.144. The molecule has 2 aliphatic heterocycles. The Morgan fingerprint density at radius 1 is 0.830 bits per heavy atom. The van der Waals surface area contributed by atoms with Gasteiger partial charge in [-0.05, 0) is 58.1 Å². The molecule has 0 bridgehead atoms. The average molecular weight is 741 g/mol. The smallest absolute Gasteiger partial charge is 0.407 e. The number of amides is 4. The number of H-pyrrole nitrogens is 2. The van der Waals surface area contributed by atoms with Gasteiger partial charge in [-0.15, -0.1) is 11.3 Å². The third-order valence-corrected chi connectivity index (χ3v) is 11.6. The number of nitrogens with zero attached hydrogens (tertiary/aromatic N) is 4. The molecule has 53 heavy (non-hydrogen) atoms. The van der Waals surface area contributed by atoms with Gasteiger partial charge in [-0.3, -0.25) is 9.59 Å². The predicted octanol–water partition coefficient (Wildman–Crippen LogP) is 6.29. The van der Waals surface area contributed by atoms with E-state index in [1.165, 1.54) is 14.2 Å². The molecule has 0 unspecified atom stereocenters. The van der Waals surface area contributed by atoms with Crippen LogP contribution in [-0.4, -0.2) is 92.6 Å². The number of ether oxygens (including phenoxy) is 2. The number of likely N-dealkylation sites (tertiary alicyclic amines) is 2. The molecular formula is C38H44N8O6S. The molecule has 14 nitrogen and oxygen atoms in total. The van der Waals surface area contributed by atoms with E-state index in [1.807, 2.05) is 24.2 Å². The Labute approximate surface area is 310 Å². The minimum Gasteiger partial charge on any atom is -0.453 e. The first-order valence-corrected chi connectivity index (χ1v) is 18.7. The third kappa shape index (κ3) is 6.80. The van der Waals surface area contributed by atoms with Gasteiger partial charge in [0.25, 0.3) is 0 Å². The van der Waals surface area contributed by atoms with Crippen molar-refractivity contribution in [1.29, 1.82) is 0 Å². The Kier molecular flexibility index (Phi) is 9.85. The number of methoxy groups -OCH3 is 2. The number of carbonyl (C=O) groups excluding carboxylic acids is 4. The van der Waals surface area contributed by atoms with Gasteiger partial charge >= 0.3 is 12.2 Å². The summed E-state index contributed by atoms with van der Waals surface area (Å²) in [6, 6.07) is 10.8. The fourth-order valence-corrected chi connectivity index (χ4v) is 9.05. The molecule has 15 heteroatoms. The molecule has 6 atom stereocenters. The second-order valence-electron chi connectivity index (χ2n) is 14.0. The van der Waals surface area contributed by atoms with Gasteiger partial charge in [0.15, 0.2) is 0 Å². The molecule has 5 heterocycles. The highest BCUT2D eigenvalue weighted by molar-refractivity contribution is 7.25. The van der Waals surface area contributed by atoms with E-state index in [4.69, 9.17) is 9.72 Å². The lowest BCUT2D eigenvalue weighted by Gasteiger charge is -2.31. The van der Waals surface area contributed by atoms with Gasteiger partial charge in [0.05, 0.1) is 50.1 Å². The minimum atomic E-state index is -0.737. The summed E-state index contributed by atoms with van der Waals surface area (Å²) in [4.78, 5) is 70.2. The normalized spacial score (nSPS) is 21.2. The average Bonchev–Trinajstić information content (AvgIpc) is 3.99. The molecule has 278 valence electrons. The lowest BCUT2D eigenvalue weighted by atomic mass is 10.0. The Bertz CT molecular complexity index is 2190. The molecule has 0 radical (unpaired) electrons. The standard InChI is InChI=1S/C38H44N8O6S/c1-19-14-20(2)46(36(48)22(4)42-38(50)52-6)32(19)34-40-18-28(44-34)24-10-12-26-25-11-9-23(15-30(25)53-31(26)16-24)27-17-39-33(43-27)29-8-7-13-45(29)35(47)21(3)41-37(49)51-5/h9-12,15-22,29,32H,7-8,13-14H2,1-6H3,(H,39,43)(H,40,44)(H,41,49)(H,42,50)/t19-,20+,21-,22-,29-,32-/m0/s1. The molecule has 4 N–H and O–H groups in total. The zero-order valence-electron chi connectivity index (χ0n) is 30.6. The van der Waals surface area contributed by atoms with Crippen LogP contribution >= 0.6 is 11.3 Å². The van der Waals surface area contributed by atoms with Crippen LogP contribution in [0.15, 0.2) is 48.8 Å². The number of hydrogen-bond donors (Lipinski definition) is 4. The van der Waals surface area contributed by atoms with E-state index in [-0.39, 0.29) is 35.9 Å². The number of hydrogen-bond acceptors (Lipinski definition) is 9. The number of aromatic amines is 2. The van der Waals surface area contributed by atoms with Crippen LogP contribution in [0.25, 0.3) is 42.7 Å². The van der Waals surface area contributed by atoms with Crippen molar-refractivity contribution in [3.63, 3.8) is 0 Å². The monoisotopic (exact) mass is 740 g/mol. The lowest BCUT2D eigenvalue weighted by molar-refractivity contribution is -0.136. The summed E-state index contributed by atoms with van der Waals surface area (Å²) >= 11 is 1.71. The van der Waals surface area contributed by atoms with E-state index in [0.29, 0.717) is 12.4 Å². The Balaban J connectivity index is 1.10. The highest BCUT2D eigenvalue weighted by atomic mass is 32.1. The van der Waals surface area contributed by atoms with E-state index in [9.17, 15) is 19.2 Å². The molecule has 0 aliphatic carbocycles. The maximum Gasteiger partial charge on any atom is 0.407 e. The zero-order valence-corrected chi connectivity index (χ0v) is 31.4. The number of carbonyl (C=O) groups is 4. The molecule has 2 fully saturated rings. The summed E-state index contributed by atoms with van der Waals surface area (Å²) < 4.78 is 11.6. The molecule has 7 rings (SSSR count). The molecule has 3 aromatic heterocycles. The van der Waals surface area contributed by atoms with Gasteiger partial charge < -0.3 is 39.9 Å². The van der Waals surface area contributed by atoms with Crippen LogP contribution in [0.3, 0.4) is 0 Å². The third-order valence-electron chi connectivity index (χ3n) is 10.5. The summed E-state index contributed by atoms with van der Waals surface area (Å²) in [5.74, 6) is 1.25. The number of fused-ring (bicyclic) bond motifs is 3. The van der Waals surface area contributed by atoms with Crippen molar-refractivity contribution < 1.29 is 28.7 Å². The first kappa shape index (κ1) is 35.9. The topological polar surface area (TPSA) is 175 Å². The Morgan fingerprint density at radius 3 is 1.96 bits per heavy atom. The second-order valence-corrected chi connectivity index (χ2v) is 15.1. The van der Waals surface area contributed by atoms with Crippen molar-refractivity contribution >= 4 is 55.5 Å². The first-order valence-electron chi connectivity index (χ1n) is 17.9. The number of rotatable bonds is 8. The van der Waals surface area contributed by atoms with Crippen molar-refractivity contribution in [3.8, 4) is 22.5 Å². The van der Waals surface area contributed by atoms with Crippen molar-refractivity contribution in [1.82, 2.24) is 40.4 Å². The van der Waals surface area contributed by atoms with E-state index >= 15 is 0 Å². The van der Waals surface area contributed by atoms with Gasteiger partial charge in [-0.25, -0.2) is 19.6 Å². The predicted molar refractivity (Wildman–Crippen MR) is 201 cm³/mol. The summed E-state index contributed by atoms with van der Waals surface area (Å²) in [6.07, 6.45) is 4.80. The lowest BCUT2D eigenvalue weighted by Crippen LogP contribution is -2.49. The van der Waals surface area contributed by atoms with Crippen LogP contribution in [0.2, 0.25) is 0 Å². The number of alkyl carbamates (subject to hydrolysis) is 2. The first-order chi connectivity index (χ1) is 25.5. The molecular weight excluding hydrogens is 697 g/mol. The SMILES string of the molecule is COC(=O)N[C@@H](C)C(=O)N1CCC[C@H]1c1ncc(-c2ccc3c(c2)sc2cc(-c4cnc([C@@H]5[C@@H](C)C[C@@H](C)N5C(=O)[C@H](C)NC(=O)OC)[nH]4)ccc23)[nH]1. The maximum absolute atomic E-state index is 13.5. The van der Waals surface area contributed by atoms with E-state index in [1.54, 1.807) is 30.1 Å². The van der Waals surface area contributed by atoms with Crippen LogP contribution in [0.1, 0.15) is 70.7 Å². The molecule has 4 amide bonds. The van der Waals surface area contributed by atoms with Gasteiger partial charge in [0.1, 0.15) is 23.7 Å². The van der Waals surface area contributed by atoms with Crippen LogP contribution in [-0.2, 0) is 19.1 Å². The van der Waals surface area contributed by atoms with E-state index in [2.05, 4.69) is 73.6 Å². The maximum atomic E-state index is 13.5. The largest absolute Gasteiger partial charge is 0.453 e. The fourth-order valence-electron chi connectivity index (χ4n) is 7.86. The Morgan fingerprint density at radius 2 is 1.38 bits per heavy atom. The molecule has 2 saturated heterocycles. The van der Waals surface area contributed by atoms with Gasteiger partial charge in [0, 0.05) is 43.9 Å². The van der Waals surface area contributed by atoms with E-state index < -0.39 is 24.3 Å². The number of nitrogens with one attached hydrogen (secondary N) is 4. The number of imidazole rings is 2. The van der Waals surface area contributed by atoms with Crippen LogP contribution in [0, 0.1) is 5.92 Å². The number of thiophene rings is 1. The fraction of sp³-hybridized carbons (Fsp3) is 0.421. The van der Waals surface area contributed by atoms with E-state index in [0.717, 1.165) is 67.8 Å². The molecule has 0 saturated carbocycles. The minimum absolute atomic E-state index is 0.0154. The van der Waals surface area contributed by atoms with Crippen molar-refractivity contribution in [2.45, 2.75) is 77.2 Å². The van der Waals surface area contributed by atoms with Crippen molar-refractivity contribution in [3.05, 3.63) is 60.4 Å². The summed E-state index contributed by atoms with van der Waals surface area (Å²) in [7, 11) is 2.55. The molecule has 2 aliphatic rings. The molecule has 0 spiro atoms. The van der Waals surface area contributed by atoms with Crippen LogP contribution < -0.4 is 10.6 Å². The van der Waals surface area contributed by atoms with Gasteiger partial charge in [-0.2, -0.15) is 0 Å². The highest BCUT2D eigenvalue weighted by Gasteiger charge is 2.43. The van der Waals surface area contributed by atoms with Crippen LogP contribution in [0.5, 0.6) is 0 Å². The summed E-state index contributed by atoms with van der Waals surface area (Å²) in [6.45, 7) is 8.06. The summed E-state index contributed by atoms with van der Waals surface area (Å²) in [5.41, 5.74) is 3.71. The Hall–Kier alpha value is -5.44. The summed E-state index contributed by atoms with van der Waals surface area (Å²) in [5, 5.41) is 7.48. The second kappa shape index (κ2) is 14.5. The molecule has 5 aromatic rings. The van der Waals surface area contributed by atoms with Gasteiger partial charge in [-0.1, -0.05) is 31.2 Å². The number of benzene rings is 2. The highest BCUT2D eigenvalue weighted by Crippen LogP contribution is 2.42. The molecule has 2 aromatic carbocycles.